The number of pyridine rings is 1. The number of rotatable bonds is 2. The van der Waals surface area contributed by atoms with Gasteiger partial charge >= 0.3 is 0 Å². The topological polar surface area (TPSA) is 33.1 Å². The van der Waals surface area contributed by atoms with Gasteiger partial charge in [-0.3, -0.25) is 4.98 Å². The lowest BCUT2D eigenvalue weighted by atomic mass is 9.90. The Morgan fingerprint density at radius 1 is 1.14 bits per heavy atom. The number of fused-ring (bicyclic) bond motifs is 1. The van der Waals surface area contributed by atoms with Crippen molar-refractivity contribution in [1.82, 2.24) is 4.98 Å². The van der Waals surface area contributed by atoms with Gasteiger partial charge < -0.3 is 5.11 Å². The molecular weight excluding hydrogens is 332 g/mol. The Morgan fingerprint density at radius 2 is 1.86 bits per heavy atom. The highest BCUT2D eigenvalue weighted by atomic mass is 79.9. The van der Waals surface area contributed by atoms with E-state index in [1.165, 1.54) is 12.1 Å². The van der Waals surface area contributed by atoms with Crippen LogP contribution in [0.25, 0.3) is 10.9 Å². The molecule has 5 heteroatoms. The smallest absolute Gasteiger partial charge is 0.155 e. The second-order valence-corrected chi connectivity index (χ2v) is 5.92. The second kappa shape index (κ2) is 5.49. The van der Waals surface area contributed by atoms with Crippen LogP contribution in [0.5, 0.6) is 5.75 Å². The molecule has 0 unspecified atom stereocenters. The molecule has 0 aliphatic rings. The number of phenolic OH excluding ortho intramolecular Hbond substituents is 1. The van der Waals surface area contributed by atoms with Gasteiger partial charge in [0.1, 0.15) is 19.2 Å². The third-order valence-electron chi connectivity index (χ3n) is 3.48. The summed E-state index contributed by atoms with van der Waals surface area (Å²) in [5.41, 5.74) is 3.68. The summed E-state index contributed by atoms with van der Waals surface area (Å²) in [4.78, 5) is 4.36. The predicted molar refractivity (Wildman–Crippen MR) is 88.5 cm³/mol. The molecule has 104 valence electrons. The summed E-state index contributed by atoms with van der Waals surface area (Å²) in [6.45, 7) is 0. The molecule has 1 N–H and O–H groups in total. The summed E-state index contributed by atoms with van der Waals surface area (Å²) in [6.07, 6.45) is 2.43. The minimum absolute atomic E-state index is 0.156. The van der Waals surface area contributed by atoms with Gasteiger partial charge in [0.2, 0.25) is 0 Å². The van der Waals surface area contributed by atoms with Crippen LogP contribution in [0.1, 0.15) is 11.1 Å². The maximum absolute atomic E-state index is 12.9. The Morgan fingerprint density at radius 3 is 2.57 bits per heavy atom. The molecule has 0 saturated heterocycles. The van der Waals surface area contributed by atoms with Gasteiger partial charge in [-0.05, 0) is 63.1 Å². The highest BCUT2D eigenvalue weighted by Gasteiger charge is 2.09. The first kappa shape index (κ1) is 14.1. The molecule has 0 fully saturated rings. The fourth-order valence-electron chi connectivity index (χ4n) is 2.38. The Hall–Kier alpha value is -1.88. The molecule has 3 rings (SSSR count). The average Bonchev–Trinajstić information content (AvgIpc) is 2.47. The number of hydrogen-bond donors (Lipinski definition) is 1. The van der Waals surface area contributed by atoms with E-state index in [2.05, 4.69) is 20.9 Å². The fraction of sp³-hybridized carbons (Fsp3) is 0.0625. The van der Waals surface area contributed by atoms with Crippen molar-refractivity contribution in [1.29, 1.82) is 0 Å². The maximum atomic E-state index is 12.9. The normalized spacial score (nSPS) is 11.0. The molecule has 2 nitrogen and oxygen atoms in total. The van der Waals surface area contributed by atoms with E-state index in [4.69, 9.17) is 0 Å². The summed E-state index contributed by atoms with van der Waals surface area (Å²) in [7, 11) is 1.98. The van der Waals surface area contributed by atoms with Crippen molar-refractivity contribution in [3.8, 4) is 5.75 Å². The minimum atomic E-state index is -0.235. The zero-order chi connectivity index (χ0) is 15.0. The summed E-state index contributed by atoms with van der Waals surface area (Å²) in [5.74, 6) is -0.0788. The zero-order valence-electron chi connectivity index (χ0n) is 11.4. The van der Waals surface area contributed by atoms with Crippen molar-refractivity contribution < 1.29 is 9.50 Å². The van der Waals surface area contributed by atoms with Crippen molar-refractivity contribution in [2.45, 2.75) is 6.42 Å². The van der Waals surface area contributed by atoms with Gasteiger partial charge in [-0.25, -0.2) is 4.39 Å². The largest absolute Gasteiger partial charge is 0.505 e. The summed E-state index contributed by atoms with van der Waals surface area (Å²) < 4.78 is 13.6. The highest BCUT2D eigenvalue weighted by Crippen LogP contribution is 2.30. The average molecular weight is 344 g/mol. The number of nitrogens with zero attached hydrogens (tertiary/aromatic N) is 1. The summed E-state index contributed by atoms with van der Waals surface area (Å²) in [6, 6.07) is 10.3. The lowest BCUT2D eigenvalue weighted by Crippen LogP contribution is -2.05. The SMILES string of the molecule is Bc1cc(Br)c(O)c2ncc(Cc3ccc(F)cc3)cc12. The third-order valence-corrected chi connectivity index (χ3v) is 4.09. The number of phenols is 1. The van der Waals surface area contributed by atoms with E-state index in [-0.39, 0.29) is 11.6 Å². The van der Waals surface area contributed by atoms with Crippen LogP contribution >= 0.6 is 15.9 Å². The Kier molecular flexibility index (Phi) is 3.68. The third kappa shape index (κ3) is 2.79. The van der Waals surface area contributed by atoms with Gasteiger partial charge in [0.25, 0.3) is 0 Å². The van der Waals surface area contributed by atoms with Gasteiger partial charge in [-0.15, -0.1) is 0 Å². The van der Waals surface area contributed by atoms with Crippen molar-refractivity contribution in [2.75, 3.05) is 0 Å². The van der Waals surface area contributed by atoms with E-state index in [0.29, 0.717) is 16.4 Å². The first-order chi connectivity index (χ1) is 10.0. The highest BCUT2D eigenvalue weighted by molar-refractivity contribution is 9.10. The number of aromatic nitrogens is 1. The van der Waals surface area contributed by atoms with Crippen LogP contribution in [0.3, 0.4) is 0 Å². The molecule has 3 aromatic rings. The van der Waals surface area contributed by atoms with Gasteiger partial charge in [0.05, 0.1) is 4.47 Å². The van der Waals surface area contributed by atoms with E-state index >= 15 is 0 Å². The van der Waals surface area contributed by atoms with E-state index < -0.39 is 0 Å². The van der Waals surface area contributed by atoms with Crippen molar-refractivity contribution >= 4 is 40.1 Å². The Balaban J connectivity index is 2.03. The van der Waals surface area contributed by atoms with E-state index in [0.717, 1.165) is 22.0 Å². The summed E-state index contributed by atoms with van der Waals surface area (Å²) >= 11 is 3.32. The molecule has 0 bridgehead atoms. The van der Waals surface area contributed by atoms with Crippen LogP contribution in [0, 0.1) is 5.82 Å². The van der Waals surface area contributed by atoms with Crippen LogP contribution in [0.4, 0.5) is 4.39 Å². The molecule has 0 spiro atoms. The number of benzene rings is 2. The predicted octanol–water partition coefficient (Wildman–Crippen LogP) is 2.69. The Labute approximate surface area is 131 Å². The van der Waals surface area contributed by atoms with Crippen molar-refractivity contribution in [2.24, 2.45) is 0 Å². The second-order valence-electron chi connectivity index (χ2n) is 5.07. The maximum Gasteiger partial charge on any atom is 0.155 e. The van der Waals surface area contributed by atoms with Crippen LogP contribution in [0.15, 0.2) is 47.1 Å². The molecular formula is C16H12BBrFNO. The van der Waals surface area contributed by atoms with E-state index in [1.54, 1.807) is 18.3 Å². The van der Waals surface area contributed by atoms with Gasteiger partial charge in [0, 0.05) is 6.20 Å². The lowest BCUT2D eigenvalue weighted by molar-refractivity contribution is 0.477. The van der Waals surface area contributed by atoms with Gasteiger partial charge in [-0.1, -0.05) is 17.6 Å². The molecule has 0 radical (unpaired) electrons. The van der Waals surface area contributed by atoms with Crippen molar-refractivity contribution in [3.05, 3.63) is 64.0 Å². The monoisotopic (exact) mass is 343 g/mol. The zero-order valence-corrected chi connectivity index (χ0v) is 13.0. The molecule has 2 aromatic carbocycles. The van der Waals surface area contributed by atoms with Crippen molar-refractivity contribution in [3.63, 3.8) is 0 Å². The quantitative estimate of drug-likeness (QED) is 0.726. The van der Waals surface area contributed by atoms with Crippen LogP contribution in [-0.4, -0.2) is 17.9 Å². The summed E-state index contributed by atoms with van der Waals surface area (Å²) in [5, 5.41) is 11.0. The number of hydrogen-bond acceptors (Lipinski definition) is 2. The van der Waals surface area contributed by atoms with Crippen LogP contribution in [-0.2, 0) is 6.42 Å². The first-order valence-electron chi connectivity index (χ1n) is 6.56. The molecule has 0 aliphatic carbocycles. The fourth-order valence-corrected chi connectivity index (χ4v) is 2.91. The Bertz CT molecular complexity index is 821. The number of aromatic hydroxyl groups is 1. The minimum Gasteiger partial charge on any atom is -0.505 e. The van der Waals surface area contributed by atoms with E-state index in [9.17, 15) is 9.50 Å². The molecule has 0 amide bonds. The molecule has 0 saturated carbocycles. The molecule has 21 heavy (non-hydrogen) atoms. The molecule has 0 atom stereocenters. The van der Waals surface area contributed by atoms with Gasteiger partial charge in [-0.2, -0.15) is 0 Å². The van der Waals surface area contributed by atoms with E-state index in [1.807, 2.05) is 20.0 Å². The van der Waals surface area contributed by atoms with Gasteiger partial charge in [0.15, 0.2) is 5.75 Å². The van der Waals surface area contributed by atoms with Crippen LogP contribution < -0.4 is 5.46 Å². The molecule has 0 aliphatic heterocycles. The molecule has 1 heterocycles. The lowest BCUT2D eigenvalue weighted by Gasteiger charge is -2.09. The first-order valence-corrected chi connectivity index (χ1v) is 7.35. The van der Waals surface area contributed by atoms with Crippen LogP contribution in [0.2, 0.25) is 0 Å². The number of halogens is 2. The molecule has 1 aromatic heterocycles. The standard InChI is InChI=1S/C16H12BBrFNO/c17-13-7-14(18)16(21)15-12(13)6-10(8-20-15)5-9-1-3-11(19)4-2-9/h1-4,6-8,21H,5,17H2.